The van der Waals surface area contributed by atoms with Crippen LogP contribution in [-0.4, -0.2) is 46.8 Å². The minimum absolute atomic E-state index is 0.128. The van der Waals surface area contributed by atoms with Crippen molar-refractivity contribution in [2.75, 3.05) is 26.2 Å². The summed E-state index contributed by atoms with van der Waals surface area (Å²) in [5, 5.41) is 15.3. The highest BCUT2D eigenvalue weighted by Gasteiger charge is 2.28. The van der Waals surface area contributed by atoms with E-state index in [1.54, 1.807) is 28.4 Å². The minimum Gasteiger partial charge on any atom is -0.336 e. The molecule has 1 aliphatic heterocycles. The van der Waals surface area contributed by atoms with Crippen LogP contribution in [-0.2, 0) is 0 Å². The largest absolute Gasteiger partial charge is 0.336 e. The summed E-state index contributed by atoms with van der Waals surface area (Å²) in [6.45, 7) is 4.87. The Bertz CT molecular complexity index is 724. The smallest absolute Gasteiger partial charge is 0.282 e. The van der Waals surface area contributed by atoms with Crippen molar-refractivity contribution < 1.29 is 9.72 Å². The number of rotatable bonds is 4. The van der Waals surface area contributed by atoms with Crippen molar-refractivity contribution in [3.8, 4) is 0 Å². The van der Waals surface area contributed by atoms with E-state index in [0.717, 1.165) is 13.1 Å². The lowest BCUT2D eigenvalue weighted by Crippen LogP contribution is -2.49. The van der Waals surface area contributed by atoms with Crippen LogP contribution in [0.15, 0.2) is 41.1 Å². The predicted octanol–water partition coefficient (Wildman–Crippen LogP) is 3.18. The predicted molar refractivity (Wildman–Crippen MR) is 93.3 cm³/mol. The lowest BCUT2D eigenvalue weighted by molar-refractivity contribution is -0.385. The van der Waals surface area contributed by atoms with Gasteiger partial charge in [0, 0.05) is 38.3 Å². The van der Waals surface area contributed by atoms with E-state index < -0.39 is 4.92 Å². The summed E-state index contributed by atoms with van der Waals surface area (Å²) >= 11 is 1.68. The maximum Gasteiger partial charge on any atom is 0.282 e. The Hall–Kier alpha value is -2.25. The van der Waals surface area contributed by atoms with E-state index in [-0.39, 0.29) is 17.2 Å². The van der Waals surface area contributed by atoms with Crippen LogP contribution < -0.4 is 0 Å². The Morgan fingerprint density at radius 3 is 2.54 bits per heavy atom. The lowest BCUT2D eigenvalue weighted by Gasteiger charge is -2.37. The fraction of sp³-hybridized carbons (Fsp3) is 0.353. The number of thiophene rings is 1. The third-order valence-electron chi connectivity index (χ3n) is 4.51. The van der Waals surface area contributed by atoms with Crippen LogP contribution in [0.25, 0.3) is 0 Å². The van der Waals surface area contributed by atoms with Crippen molar-refractivity contribution in [1.29, 1.82) is 0 Å². The molecule has 1 atom stereocenters. The molecule has 0 spiro atoms. The SMILES string of the molecule is C[C@H](c1ccsc1)N1CCN(C(=O)c2ccccc2[N+](=O)[O-])CC1. The van der Waals surface area contributed by atoms with Gasteiger partial charge in [-0.1, -0.05) is 12.1 Å². The summed E-state index contributed by atoms with van der Waals surface area (Å²) in [4.78, 5) is 27.3. The zero-order valence-corrected chi connectivity index (χ0v) is 14.2. The molecule has 1 aromatic heterocycles. The van der Waals surface area contributed by atoms with Crippen molar-refractivity contribution in [1.82, 2.24) is 9.80 Å². The fourth-order valence-electron chi connectivity index (χ4n) is 3.02. The third kappa shape index (κ3) is 3.32. The first-order valence-electron chi connectivity index (χ1n) is 7.87. The third-order valence-corrected chi connectivity index (χ3v) is 5.21. The zero-order valence-electron chi connectivity index (χ0n) is 13.4. The van der Waals surface area contributed by atoms with Gasteiger partial charge < -0.3 is 4.90 Å². The van der Waals surface area contributed by atoms with E-state index in [9.17, 15) is 14.9 Å². The maximum absolute atomic E-state index is 12.6. The van der Waals surface area contributed by atoms with Gasteiger partial charge in [-0.15, -0.1) is 0 Å². The van der Waals surface area contributed by atoms with Crippen molar-refractivity contribution >= 4 is 22.9 Å². The Morgan fingerprint density at radius 1 is 1.21 bits per heavy atom. The molecule has 6 nitrogen and oxygen atoms in total. The molecule has 1 aromatic carbocycles. The van der Waals surface area contributed by atoms with Crippen LogP contribution in [0.2, 0.25) is 0 Å². The molecule has 2 aromatic rings. The molecule has 0 radical (unpaired) electrons. The van der Waals surface area contributed by atoms with E-state index >= 15 is 0 Å². The lowest BCUT2D eigenvalue weighted by atomic mass is 10.1. The fourth-order valence-corrected chi connectivity index (χ4v) is 3.77. The first kappa shape index (κ1) is 16.6. The topological polar surface area (TPSA) is 66.7 Å². The van der Waals surface area contributed by atoms with Gasteiger partial charge in [0.05, 0.1) is 4.92 Å². The Labute approximate surface area is 144 Å². The Morgan fingerprint density at radius 2 is 1.92 bits per heavy atom. The van der Waals surface area contributed by atoms with E-state index in [1.807, 2.05) is 0 Å². The van der Waals surface area contributed by atoms with Crippen LogP contribution in [0.1, 0.15) is 28.9 Å². The van der Waals surface area contributed by atoms with Gasteiger partial charge in [0.2, 0.25) is 0 Å². The number of hydrogen-bond acceptors (Lipinski definition) is 5. The summed E-state index contributed by atoms with van der Waals surface area (Å²) in [5.41, 5.74) is 1.33. The second kappa shape index (κ2) is 7.11. The van der Waals surface area contributed by atoms with Crippen LogP contribution >= 0.6 is 11.3 Å². The first-order valence-corrected chi connectivity index (χ1v) is 8.81. The zero-order chi connectivity index (χ0) is 17.1. The molecule has 0 bridgehead atoms. The number of benzene rings is 1. The van der Waals surface area contributed by atoms with Gasteiger partial charge in [-0.3, -0.25) is 19.8 Å². The van der Waals surface area contributed by atoms with E-state index in [2.05, 4.69) is 28.7 Å². The van der Waals surface area contributed by atoms with Crippen molar-refractivity contribution in [2.45, 2.75) is 13.0 Å². The number of amides is 1. The molecule has 0 aliphatic carbocycles. The minimum atomic E-state index is -0.498. The Kier molecular flexibility index (Phi) is 4.92. The molecule has 1 amide bonds. The number of carbonyl (C=O) groups excluding carboxylic acids is 1. The van der Waals surface area contributed by atoms with Gasteiger partial charge in [-0.25, -0.2) is 0 Å². The summed E-state index contributed by atoms with van der Waals surface area (Å²) in [5.74, 6) is -0.259. The number of para-hydroxylation sites is 1. The number of hydrogen-bond donors (Lipinski definition) is 0. The molecule has 1 saturated heterocycles. The highest BCUT2D eigenvalue weighted by Crippen LogP contribution is 2.25. The summed E-state index contributed by atoms with van der Waals surface area (Å²) < 4.78 is 0. The monoisotopic (exact) mass is 345 g/mol. The van der Waals surface area contributed by atoms with Crippen LogP contribution in [0, 0.1) is 10.1 Å². The van der Waals surface area contributed by atoms with Crippen LogP contribution in [0.3, 0.4) is 0 Å². The van der Waals surface area contributed by atoms with E-state index in [0.29, 0.717) is 19.1 Å². The molecule has 0 unspecified atom stereocenters. The average Bonchev–Trinajstić information content (AvgIpc) is 3.15. The van der Waals surface area contributed by atoms with E-state index in [4.69, 9.17) is 0 Å². The van der Waals surface area contributed by atoms with Crippen molar-refractivity contribution in [3.63, 3.8) is 0 Å². The summed E-state index contributed by atoms with van der Waals surface area (Å²) in [6, 6.07) is 8.59. The number of nitrogens with zero attached hydrogens (tertiary/aromatic N) is 3. The molecule has 0 N–H and O–H groups in total. The first-order chi connectivity index (χ1) is 11.6. The van der Waals surface area contributed by atoms with Crippen LogP contribution in [0.4, 0.5) is 5.69 Å². The molecular weight excluding hydrogens is 326 g/mol. The van der Waals surface area contributed by atoms with Gasteiger partial charge in [-0.2, -0.15) is 11.3 Å². The second-order valence-electron chi connectivity index (χ2n) is 5.84. The number of carbonyl (C=O) groups is 1. The highest BCUT2D eigenvalue weighted by atomic mass is 32.1. The molecule has 2 heterocycles. The van der Waals surface area contributed by atoms with Gasteiger partial charge in [0.15, 0.2) is 0 Å². The number of piperazine rings is 1. The standard InChI is InChI=1S/C17H19N3O3S/c1-13(14-6-11-24-12-14)18-7-9-19(10-8-18)17(21)15-4-2-3-5-16(15)20(22)23/h2-6,11-13H,7-10H2,1H3/t13-/m1/s1. The average molecular weight is 345 g/mol. The molecule has 0 saturated carbocycles. The van der Waals surface area contributed by atoms with Gasteiger partial charge in [-0.05, 0) is 35.4 Å². The van der Waals surface area contributed by atoms with Crippen molar-refractivity contribution in [2.24, 2.45) is 0 Å². The molecule has 3 rings (SSSR count). The molecule has 7 heteroatoms. The molecule has 24 heavy (non-hydrogen) atoms. The molecule has 126 valence electrons. The quantitative estimate of drug-likeness (QED) is 0.630. The second-order valence-corrected chi connectivity index (χ2v) is 6.62. The number of nitro benzene ring substituents is 1. The van der Waals surface area contributed by atoms with Gasteiger partial charge >= 0.3 is 0 Å². The molecule has 1 aliphatic rings. The van der Waals surface area contributed by atoms with Gasteiger partial charge in [0.1, 0.15) is 5.56 Å². The molecular formula is C17H19N3O3S. The highest BCUT2D eigenvalue weighted by molar-refractivity contribution is 7.07. The normalized spacial score (nSPS) is 16.8. The van der Waals surface area contributed by atoms with Gasteiger partial charge in [0.25, 0.3) is 11.6 Å². The Balaban J connectivity index is 1.67. The van der Waals surface area contributed by atoms with E-state index in [1.165, 1.54) is 17.7 Å². The number of nitro groups is 1. The molecule has 1 fully saturated rings. The summed E-state index contributed by atoms with van der Waals surface area (Å²) in [7, 11) is 0. The maximum atomic E-state index is 12.6. The van der Waals surface area contributed by atoms with Crippen LogP contribution in [0.5, 0.6) is 0 Å². The van der Waals surface area contributed by atoms with Crippen molar-refractivity contribution in [3.05, 3.63) is 62.3 Å². The summed E-state index contributed by atoms with van der Waals surface area (Å²) in [6.07, 6.45) is 0.